The first-order valence-corrected chi connectivity index (χ1v) is 13.5. The van der Waals surface area contributed by atoms with Gasteiger partial charge in [0.1, 0.15) is 4.88 Å². The summed E-state index contributed by atoms with van der Waals surface area (Å²) < 4.78 is 1.06. The number of thiophene rings is 1. The SMILES string of the molecule is CC(C)c1ccc2c(c1)[C@]1(C)CCC[C@@](C)(CNC(=O)c3sc4ccccc4c3Cl)[C@@H]1CC2. The summed E-state index contributed by atoms with van der Waals surface area (Å²) in [5.74, 6) is 1.07. The average Bonchev–Trinajstić information content (AvgIpc) is 3.14. The number of nitrogens with one attached hydrogen (secondary N) is 1. The van der Waals surface area contributed by atoms with Crippen LogP contribution >= 0.6 is 22.9 Å². The fourth-order valence-electron chi connectivity index (χ4n) is 6.70. The predicted octanol–water partition coefficient (Wildman–Crippen LogP) is 8.12. The maximum absolute atomic E-state index is 13.2. The van der Waals surface area contributed by atoms with Crippen molar-refractivity contribution >= 4 is 38.9 Å². The van der Waals surface area contributed by atoms with Crippen LogP contribution in [-0.2, 0) is 11.8 Å². The monoisotopic (exact) mass is 479 g/mol. The summed E-state index contributed by atoms with van der Waals surface area (Å²) in [5, 5.41) is 4.85. The van der Waals surface area contributed by atoms with Gasteiger partial charge < -0.3 is 5.32 Å². The highest BCUT2D eigenvalue weighted by atomic mass is 35.5. The molecule has 0 aliphatic heterocycles. The lowest BCUT2D eigenvalue weighted by Gasteiger charge is -2.55. The Kier molecular flexibility index (Phi) is 5.86. The first-order valence-electron chi connectivity index (χ1n) is 12.3. The van der Waals surface area contributed by atoms with Crippen LogP contribution in [0.25, 0.3) is 10.1 Å². The van der Waals surface area contributed by atoms with E-state index < -0.39 is 0 Å². The molecule has 174 valence electrons. The van der Waals surface area contributed by atoms with E-state index in [0.717, 1.165) is 22.9 Å². The number of rotatable bonds is 4. The van der Waals surface area contributed by atoms with Gasteiger partial charge in [0.2, 0.25) is 0 Å². The highest BCUT2D eigenvalue weighted by Gasteiger charge is 2.51. The minimum atomic E-state index is -0.0343. The van der Waals surface area contributed by atoms with Gasteiger partial charge in [-0.05, 0) is 71.1 Å². The molecule has 0 bridgehead atoms. The van der Waals surface area contributed by atoms with Crippen molar-refractivity contribution in [1.82, 2.24) is 5.32 Å². The lowest BCUT2D eigenvalue weighted by atomic mass is 9.49. The zero-order chi connectivity index (χ0) is 23.4. The van der Waals surface area contributed by atoms with Gasteiger partial charge in [0, 0.05) is 16.6 Å². The van der Waals surface area contributed by atoms with E-state index in [1.807, 2.05) is 24.3 Å². The summed E-state index contributed by atoms with van der Waals surface area (Å²) in [6.07, 6.45) is 5.93. The topological polar surface area (TPSA) is 29.1 Å². The lowest BCUT2D eigenvalue weighted by molar-refractivity contribution is 0.0254. The second-order valence-electron chi connectivity index (χ2n) is 11.0. The molecule has 1 fully saturated rings. The molecule has 2 aromatic carbocycles. The Labute approximate surface area is 206 Å². The molecular formula is C29H34ClNOS. The van der Waals surface area contributed by atoms with Crippen LogP contribution in [0.4, 0.5) is 0 Å². The minimum absolute atomic E-state index is 0.0343. The molecule has 1 saturated carbocycles. The maximum Gasteiger partial charge on any atom is 0.262 e. The highest BCUT2D eigenvalue weighted by molar-refractivity contribution is 7.21. The summed E-state index contributed by atoms with van der Waals surface area (Å²) in [4.78, 5) is 13.8. The van der Waals surface area contributed by atoms with Crippen molar-refractivity contribution in [3.63, 3.8) is 0 Å². The van der Waals surface area contributed by atoms with Crippen LogP contribution in [-0.4, -0.2) is 12.5 Å². The Morgan fingerprint density at radius 2 is 1.97 bits per heavy atom. The van der Waals surface area contributed by atoms with Crippen LogP contribution in [0.2, 0.25) is 5.02 Å². The second kappa shape index (κ2) is 8.43. The van der Waals surface area contributed by atoms with Gasteiger partial charge in [-0.1, -0.05) is 82.1 Å². The normalized spacial score (nSPS) is 26.8. The van der Waals surface area contributed by atoms with Gasteiger partial charge in [-0.15, -0.1) is 11.3 Å². The van der Waals surface area contributed by atoms with E-state index in [2.05, 4.69) is 51.2 Å². The zero-order valence-corrected chi connectivity index (χ0v) is 21.7. The molecule has 2 aliphatic carbocycles. The second-order valence-corrected chi connectivity index (χ2v) is 12.4. The van der Waals surface area contributed by atoms with Crippen LogP contribution < -0.4 is 5.32 Å². The standard InChI is InChI=1S/C29H34ClNOS/c1-18(2)20-11-10-19-12-13-24-28(3,14-7-15-29(24,4)22(19)16-20)17-31-27(32)26-25(30)21-8-5-6-9-23(21)33-26/h5-6,8-11,16,18,24H,7,12-15,17H2,1-4H3,(H,31,32)/t24-,28-,29-/m0/s1. The van der Waals surface area contributed by atoms with E-state index in [9.17, 15) is 4.79 Å². The fourth-order valence-corrected chi connectivity index (χ4v) is 8.14. The van der Waals surface area contributed by atoms with Crippen molar-refractivity contribution in [3.05, 3.63) is 69.1 Å². The number of benzene rings is 2. The zero-order valence-electron chi connectivity index (χ0n) is 20.1. The number of halogens is 1. The first-order chi connectivity index (χ1) is 15.7. The lowest BCUT2D eigenvalue weighted by Crippen LogP contribution is -2.53. The van der Waals surface area contributed by atoms with E-state index >= 15 is 0 Å². The number of hydrogen-bond donors (Lipinski definition) is 1. The van der Waals surface area contributed by atoms with E-state index in [0.29, 0.717) is 28.3 Å². The van der Waals surface area contributed by atoms with Gasteiger partial charge in [-0.2, -0.15) is 0 Å². The van der Waals surface area contributed by atoms with Crippen LogP contribution in [0.1, 0.15) is 85.7 Å². The van der Waals surface area contributed by atoms with Crippen molar-refractivity contribution in [1.29, 1.82) is 0 Å². The summed E-state index contributed by atoms with van der Waals surface area (Å²) in [5.41, 5.74) is 4.79. The Morgan fingerprint density at radius 1 is 1.18 bits per heavy atom. The van der Waals surface area contributed by atoms with Crippen LogP contribution in [0.3, 0.4) is 0 Å². The van der Waals surface area contributed by atoms with Crippen molar-refractivity contribution in [2.24, 2.45) is 11.3 Å². The van der Waals surface area contributed by atoms with Gasteiger partial charge in [-0.3, -0.25) is 4.79 Å². The fraction of sp³-hybridized carbons (Fsp3) is 0.483. The molecule has 1 heterocycles. The molecule has 1 N–H and O–H groups in total. The third kappa shape index (κ3) is 3.82. The Balaban J connectivity index is 1.40. The Hall–Kier alpha value is -1.84. The van der Waals surface area contributed by atoms with Crippen LogP contribution in [0, 0.1) is 11.3 Å². The third-order valence-corrected chi connectivity index (χ3v) is 10.2. The maximum atomic E-state index is 13.2. The van der Waals surface area contributed by atoms with Crippen LogP contribution in [0.15, 0.2) is 42.5 Å². The number of fused-ring (bicyclic) bond motifs is 4. The predicted molar refractivity (Wildman–Crippen MR) is 141 cm³/mol. The van der Waals surface area contributed by atoms with E-state index in [-0.39, 0.29) is 16.7 Å². The van der Waals surface area contributed by atoms with Gasteiger partial charge in [0.15, 0.2) is 0 Å². The molecule has 0 unspecified atom stereocenters. The van der Waals surface area contributed by atoms with Gasteiger partial charge >= 0.3 is 0 Å². The number of aryl methyl sites for hydroxylation is 1. The highest BCUT2D eigenvalue weighted by Crippen LogP contribution is 2.57. The smallest absolute Gasteiger partial charge is 0.262 e. The number of amides is 1. The number of carbonyl (C=O) groups is 1. The molecule has 2 nitrogen and oxygen atoms in total. The molecule has 3 aromatic rings. The molecule has 0 saturated heterocycles. The quantitative estimate of drug-likeness (QED) is 0.402. The largest absolute Gasteiger partial charge is 0.351 e. The molecule has 4 heteroatoms. The number of hydrogen-bond acceptors (Lipinski definition) is 2. The minimum Gasteiger partial charge on any atom is -0.351 e. The Bertz CT molecular complexity index is 1210. The molecule has 33 heavy (non-hydrogen) atoms. The van der Waals surface area contributed by atoms with Gasteiger partial charge in [0.25, 0.3) is 5.91 Å². The van der Waals surface area contributed by atoms with Crippen LogP contribution in [0.5, 0.6) is 0 Å². The molecule has 1 aromatic heterocycles. The molecule has 0 spiro atoms. The van der Waals surface area contributed by atoms with E-state index in [1.165, 1.54) is 41.7 Å². The molecule has 0 radical (unpaired) electrons. The molecular weight excluding hydrogens is 446 g/mol. The summed E-state index contributed by atoms with van der Waals surface area (Å²) in [7, 11) is 0. The molecule has 5 rings (SSSR count). The summed E-state index contributed by atoms with van der Waals surface area (Å²) >= 11 is 8.08. The van der Waals surface area contributed by atoms with Gasteiger partial charge in [0.05, 0.1) is 5.02 Å². The summed E-state index contributed by atoms with van der Waals surface area (Å²) in [6.45, 7) is 10.2. The van der Waals surface area contributed by atoms with Crippen molar-refractivity contribution in [2.75, 3.05) is 6.54 Å². The van der Waals surface area contributed by atoms with Gasteiger partial charge in [-0.25, -0.2) is 0 Å². The third-order valence-electron chi connectivity index (χ3n) is 8.57. The Morgan fingerprint density at radius 3 is 2.73 bits per heavy atom. The van der Waals surface area contributed by atoms with E-state index in [1.54, 1.807) is 5.56 Å². The first kappa shape index (κ1) is 22.9. The average molecular weight is 480 g/mol. The van der Waals surface area contributed by atoms with E-state index in [4.69, 9.17) is 11.6 Å². The number of carbonyl (C=O) groups excluding carboxylic acids is 1. The van der Waals surface area contributed by atoms with Crippen molar-refractivity contribution < 1.29 is 4.79 Å². The van der Waals surface area contributed by atoms with Crippen molar-refractivity contribution in [3.8, 4) is 0 Å². The summed E-state index contributed by atoms with van der Waals surface area (Å²) in [6, 6.07) is 15.2. The molecule has 3 atom stereocenters. The molecule has 1 amide bonds. The van der Waals surface area contributed by atoms with Crippen molar-refractivity contribution in [2.45, 2.75) is 71.1 Å². The molecule has 2 aliphatic rings.